The maximum absolute atomic E-state index is 5.38. The molecule has 0 aliphatic heterocycles. The quantitative estimate of drug-likeness (QED) is 0.553. The van der Waals surface area contributed by atoms with Crippen molar-refractivity contribution in [3.8, 4) is 11.5 Å². The summed E-state index contributed by atoms with van der Waals surface area (Å²) >= 11 is 0. The molecule has 0 spiro atoms. The van der Waals surface area contributed by atoms with Crippen molar-refractivity contribution >= 4 is 5.96 Å². The molecular formula is C15H21N5O2. The van der Waals surface area contributed by atoms with E-state index in [1.165, 1.54) is 0 Å². The lowest BCUT2D eigenvalue weighted by Gasteiger charge is -2.14. The van der Waals surface area contributed by atoms with Crippen molar-refractivity contribution in [1.29, 1.82) is 0 Å². The second-order valence-corrected chi connectivity index (χ2v) is 4.54. The smallest absolute Gasteiger partial charge is 0.191 e. The molecule has 1 aromatic heterocycles. The number of hydrogen-bond donors (Lipinski definition) is 3. The third-order valence-electron chi connectivity index (χ3n) is 3.17. The van der Waals surface area contributed by atoms with E-state index in [2.05, 4.69) is 25.8 Å². The number of aliphatic imine (C=N–C) groups is 1. The first-order valence-electron chi connectivity index (χ1n) is 6.90. The highest BCUT2D eigenvalue weighted by Gasteiger charge is 2.06. The van der Waals surface area contributed by atoms with Gasteiger partial charge in [0.2, 0.25) is 0 Å². The zero-order valence-electron chi connectivity index (χ0n) is 13.0. The number of ether oxygens (including phenoxy) is 2. The van der Waals surface area contributed by atoms with Crippen molar-refractivity contribution in [1.82, 2.24) is 20.8 Å². The van der Waals surface area contributed by atoms with Crippen LogP contribution >= 0.6 is 0 Å². The summed E-state index contributed by atoms with van der Waals surface area (Å²) in [6.07, 6.45) is 1.72. The largest absolute Gasteiger partial charge is 0.497 e. The Balaban J connectivity index is 1.92. The van der Waals surface area contributed by atoms with Gasteiger partial charge in [-0.05, 0) is 18.2 Å². The highest BCUT2D eigenvalue weighted by Crippen LogP contribution is 2.24. The highest BCUT2D eigenvalue weighted by molar-refractivity contribution is 5.79. The number of H-pyrrole nitrogens is 1. The molecule has 1 heterocycles. The van der Waals surface area contributed by atoms with Crippen LogP contribution < -0.4 is 20.1 Å². The first kappa shape index (κ1) is 15.7. The van der Waals surface area contributed by atoms with Crippen molar-refractivity contribution in [2.24, 2.45) is 4.99 Å². The molecule has 118 valence electrons. The summed E-state index contributed by atoms with van der Waals surface area (Å²) in [6, 6.07) is 7.64. The topological polar surface area (TPSA) is 83.6 Å². The zero-order valence-corrected chi connectivity index (χ0v) is 13.0. The van der Waals surface area contributed by atoms with Crippen LogP contribution in [0, 0.1) is 0 Å². The predicted molar refractivity (Wildman–Crippen MR) is 85.2 cm³/mol. The summed E-state index contributed by atoms with van der Waals surface area (Å²) in [5.41, 5.74) is 2.01. The summed E-state index contributed by atoms with van der Waals surface area (Å²) in [4.78, 5) is 4.19. The van der Waals surface area contributed by atoms with Gasteiger partial charge in [0.25, 0.3) is 0 Å². The van der Waals surface area contributed by atoms with Gasteiger partial charge in [-0.25, -0.2) is 0 Å². The number of methoxy groups -OCH3 is 2. The van der Waals surface area contributed by atoms with Crippen LogP contribution in [-0.2, 0) is 13.1 Å². The number of rotatable bonds is 6. The van der Waals surface area contributed by atoms with Crippen molar-refractivity contribution in [2.45, 2.75) is 13.1 Å². The molecule has 0 aliphatic rings. The van der Waals surface area contributed by atoms with Crippen molar-refractivity contribution in [3.05, 3.63) is 41.7 Å². The molecule has 0 unspecified atom stereocenters. The Hall–Kier alpha value is -2.70. The molecule has 0 atom stereocenters. The minimum atomic E-state index is 0.593. The zero-order chi connectivity index (χ0) is 15.8. The lowest BCUT2D eigenvalue weighted by molar-refractivity contribution is 0.390. The van der Waals surface area contributed by atoms with Gasteiger partial charge in [0, 0.05) is 31.4 Å². The standard InChI is InChI=1S/C15H21N5O2/c1-16-15(18-10-12-6-7-19-20-12)17-9-11-4-5-13(21-2)8-14(11)22-3/h4-8H,9-10H2,1-3H3,(H,19,20)(H2,16,17,18). The molecule has 3 N–H and O–H groups in total. The van der Waals surface area contributed by atoms with Crippen LogP contribution in [0.1, 0.15) is 11.3 Å². The third kappa shape index (κ3) is 4.15. The molecule has 0 fully saturated rings. The van der Waals surface area contributed by atoms with E-state index in [0.717, 1.165) is 22.8 Å². The number of guanidine groups is 1. The first-order valence-corrected chi connectivity index (χ1v) is 6.90. The second-order valence-electron chi connectivity index (χ2n) is 4.54. The average molecular weight is 303 g/mol. The van der Waals surface area contributed by atoms with Crippen molar-refractivity contribution in [2.75, 3.05) is 21.3 Å². The van der Waals surface area contributed by atoms with Gasteiger partial charge in [0.05, 0.1) is 26.5 Å². The Morgan fingerprint density at radius 1 is 1.18 bits per heavy atom. The van der Waals surface area contributed by atoms with Gasteiger partial charge in [-0.3, -0.25) is 10.1 Å². The van der Waals surface area contributed by atoms with Gasteiger partial charge in [0.1, 0.15) is 11.5 Å². The van der Waals surface area contributed by atoms with Gasteiger partial charge >= 0.3 is 0 Å². The van der Waals surface area contributed by atoms with Gasteiger partial charge in [0.15, 0.2) is 5.96 Å². The molecule has 0 saturated carbocycles. The fraction of sp³-hybridized carbons (Fsp3) is 0.333. The Morgan fingerprint density at radius 2 is 2.00 bits per heavy atom. The van der Waals surface area contributed by atoms with Crippen molar-refractivity contribution in [3.63, 3.8) is 0 Å². The average Bonchev–Trinajstić information content (AvgIpc) is 3.08. The molecule has 0 saturated heterocycles. The van der Waals surface area contributed by atoms with E-state index >= 15 is 0 Å². The molecule has 7 nitrogen and oxygen atoms in total. The lowest BCUT2D eigenvalue weighted by atomic mass is 10.2. The molecule has 1 aromatic carbocycles. The Bertz CT molecular complexity index is 610. The highest BCUT2D eigenvalue weighted by atomic mass is 16.5. The number of nitrogens with zero attached hydrogens (tertiary/aromatic N) is 2. The first-order chi connectivity index (χ1) is 10.8. The summed E-state index contributed by atoms with van der Waals surface area (Å²) in [5.74, 6) is 2.24. The molecule has 0 aliphatic carbocycles. The van der Waals surface area contributed by atoms with E-state index in [1.807, 2.05) is 24.3 Å². The molecule has 2 rings (SSSR count). The summed E-state index contributed by atoms with van der Waals surface area (Å²) in [7, 11) is 5.01. The Morgan fingerprint density at radius 3 is 2.64 bits per heavy atom. The van der Waals surface area contributed by atoms with Crippen molar-refractivity contribution < 1.29 is 9.47 Å². The van der Waals surface area contributed by atoms with Crippen LogP contribution in [0.3, 0.4) is 0 Å². The second kappa shape index (κ2) is 7.92. The number of nitrogens with one attached hydrogen (secondary N) is 3. The van der Waals surface area contributed by atoms with Crippen LogP contribution in [0.4, 0.5) is 0 Å². The SMILES string of the molecule is CN=C(NCc1ccn[nH]1)NCc1ccc(OC)cc1OC. The molecule has 0 amide bonds. The van der Waals surface area contributed by atoms with E-state index < -0.39 is 0 Å². The van der Waals surface area contributed by atoms with Gasteiger partial charge in [-0.1, -0.05) is 0 Å². The summed E-state index contributed by atoms with van der Waals surface area (Å²) in [6.45, 7) is 1.22. The normalized spacial score (nSPS) is 11.1. The molecule has 0 radical (unpaired) electrons. The molecule has 22 heavy (non-hydrogen) atoms. The Kier molecular flexibility index (Phi) is 5.65. The summed E-state index contributed by atoms with van der Waals surface area (Å²) in [5, 5.41) is 13.2. The fourth-order valence-corrected chi connectivity index (χ4v) is 1.96. The number of benzene rings is 1. The van der Waals surface area contributed by atoms with Gasteiger partial charge in [-0.15, -0.1) is 0 Å². The predicted octanol–water partition coefficient (Wildman–Crippen LogP) is 1.29. The number of hydrogen-bond acceptors (Lipinski definition) is 4. The lowest BCUT2D eigenvalue weighted by Crippen LogP contribution is -2.36. The molecule has 7 heteroatoms. The molecule has 0 bridgehead atoms. The molecule has 2 aromatic rings. The fourth-order valence-electron chi connectivity index (χ4n) is 1.96. The maximum Gasteiger partial charge on any atom is 0.191 e. The third-order valence-corrected chi connectivity index (χ3v) is 3.17. The Labute approximate surface area is 129 Å². The van der Waals surface area contributed by atoms with E-state index in [9.17, 15) is 0 Å². The van der Waals surface area contributed by atoms with Gasteiger partial charge in [-0.2, -0.15) is 5.10 Å². The van der Waals surface area contributed by atoms with Crippen LogP contribution in [0.25, 0.3) is 0 Å². The number of aromatic nitrogens is 2. The van der Waals surface area contributed by atoms with Gasteiger partial charge < -0.3 is 20.1 Å². The van der Waals surface area contributed by atoms with E-state index in [4.69, 9.17) is 9.47 Å². The van der Waals surface area contributed by atoms with Crippen LogP contribution in [0.15, 0.2) is 35.5 Å². The maximum atomic E-state index is 5.38. The van der Waals surface area contributed by atoms with E-state index in [1.54, 1.807) is 27.5 Å². The minimum absolute atomic E-state index is 0.593. The van der Waals surface area contributed by atoms with E-state index in [-0.39, 0.29) is 0 Å². The van der Waals surface area contributed by atoms with E-state index in [0.29, 0.717) is 19.0 Å². The number of aromatic amines is 1. The summed E-state index contributed by atoms with van der Waals surface area (Å²) < 4.78 is 10.6. The van der Waals surface area contributed by atoms with Crippen LogP contribution in [0.5, 0.6) is 11.5 Å². The minimum Gasteiger partial charge on any atom is -0.497 e. The van der Waals surface area contributed by atoms with Crippen LogP contribution in [0.2, 0.25) is 0 Å². The monoisotopic (exact) mass is 303 g/mol. The molecular weight excluding hydrogens is 282 g/mol. The van der Waals surface area contributed by atoms with Crippen LogP contribution in [-0.4, -0.2) is 37.4 Å².